The molecule has 1 atom stereocenters. The van der Waals surface area contributed by atoms with Crippen LogP contribution in [0, 0.1) is 13.8 Å². The van der Waals surface area contributed by atoms with Crippen LogP contribution in [0.25, 0.3) is 0 Å². The molecule has 2 aromatic carbocycles. The molecule has 5 nitrogen and oxygen atoms in total. The van der Waals surface area contributed by atoms with Gasteiger partial charge in [0, 0.05) is 17.6 Å². The van der Waals surface area contributed by atoms with Crippen molar-refractivity contribution >= 4 is 27.7 Å². The zero-order valence-electron chi connectivity index (χ0n) is 18.2. The summed E-state index contributed by atoms with van der Waals surface area (Å²) < 4.78 is 6.73. The number of hydrogen-bond donors (Lipinski definition) is 1. The largest absolute Gasteiger partial charge is 0.484 e. The fourth-order valence-corrected chi connectivity index (χ4v) is 3.41. The van der Waals surface area contributed by atoms with E-state index in [0.29, 0.717) is 18.8 Å². The van der Waals surface area contributed by atoms with Crippen molar-refractivity contribution in [2.75, 3.05) is 13.2 Å². The molecule has 2 aromatic rings. The van der Waals surface area contributed by atoms with E-state index in [0.717, 1.165) is 34.0 Å². The quantitative estimate of drug-likeness (QED) is 0.504. The third-order valence-corrected chi connectivity index (χ3v) is 5.35. The summed E-state index contributed by atoms with van der Waals surface area (Å²) in [7, 11) is 0. The first-order chi connectivity index (χ1) is 14.3. The zero-order chi connectivity index (χ0) is 22.1. The number of carbonyl (C=O) groups excluding carboxylic acids is 2. The van der Waals surface area contributed by atoms with Crippen LogP contribution in [-0.4, -0.2) is 35.9 Å². The number of unbranched alkanes of at least 4 members (excludes halogenated alkanes) is 1. The van der Waals surface area contributed by atoms with Gasteiger partial charge in [-0.05, 0) is 68.1 Å². The van der Waals surface area contributed by atoms with Gasteiger partial charge in [0.15, 0.2) is 6.61 Å². The lowest BCUT2D eigenvalue weighted by atomic mass is 10.1. The van der Waals surface area contributed by atoms with Crippen LogP contribution in [0.15, 0.2) is 46.9 Å². The highest BCUT2D eigenvalue weighted by molar-refractivity contribution is 9.10. The Balaban J connectivity index is 2.12. The molecule has 162 valence electrons. The second-order valence-electron chi connectivity index (χ2n) is 7.58. The number of halogens is 1. The molecule has 30 heavy (non-hydrogen) atoms. The molecule has 1 N–H and O–H groups in total. The molecule has 0 heterocycles. The van der Waals surface area contributed by atoms with Gasteiger partial charge < -0.3 is 15.0 Å². The fraction of sp³-hybridized carbons (Fsp3) is 0.417. The summed E-state index contributed by atoms with van der Waals surface area (Å²) in [5.41, 5.74) is 3.10. The predicted molar refractivity (Wildman–Crippen MR) is 123 cm³/mol. The first-order valence-electron chi connectivity index (χ1n) is 10.3. The van der Waals surface area contributed by atoms with Crippen molar-refractivity contribution in [1.82, 2.24) is 10.2 Å². The lowest BCUT2D eigenvalue weighted by Crippen LogP contribution is -2.49. The Hall–Kier alpha value is -2.34. The third-order valence-electron chi connectivity index (χ3n) is 4.82. The van der Waals surface area contributed by atoms with Crippen LogP contribution in [0.2, 0.25) is 0 Å². The number of amides is 2. The van der Waals surface area contributed by atoms with Gasteiger partial charge in [-0.25, -0.2) is 0 Å². The van der Waals surface area contributed by atoms with Crippen molar-refractivity contribution < 1.29 is 14.3 Å². The molecule has 2 rings (SSSR count). The maximum atomic E-state index is 13.0. The molecule has 1 unspecified atom stereocenters. The molecule has 0 saturated heterocycles. The highest BCUT2D eigenvalue weighted by Crippen LogP contribution is 2.18. The van der Waals surface area contributed by atoms with Gasteiger partial charge in [-0.15, -0.1) is 0 Å². The van der Waals surface area contributed by atoms with E-state index >= 15 is 0 Å². The summed E-state index contributed by atoms with van der Waals surface area (Å²) in [6.45, 7) is 8.64. The minimum Gasteiger partial charge on any atom is -0.484 e. The van der Waals surface area contributed by atoms with Crippen molar-refractivity contribution in [3.05, 3.63) is 63.6 Å². The molecule has 0 spiro atoms. The number of ether oxygens (including phenoxy) is 1. The first kappa shape index (κ1) is 23.9. The molecule has 0 saturated carbocycles. The van der Waals surface area contributed by atoms with Gasteiger partial charge in [0.1, 0.15) is 11.8 Å². The van der Waals surface area contributed by atoms with Gasteiger partial charge in [0.05, 0.1) is 0 Å². The summed E-state index contributed by atoms with van der Waals surface area (Å²) in [5, 5.41) is 2.92. The van der Waals surface area contributed by atoms with Crippen molar-refractivity contribution in [3.63, 3.8) is 0 Å². The Morgan fingerprint density at radius 1 is 1.10 bits per heavy atom. The minimum absolute atomic E-state index is 0.119. The van der Waals surface area contributed by atoms with Crippen molar-refractivity contribution in [2.24, 2.45) is 0 Å². The molecule has 0 aliphatic heterocycles. The van der Waals surface area contributed by atoms with Crippen molar-refractivity contribution in [3.8, 4) is 5.75 Å². The number of aryl methyl sites for hydroxylation is 2. The number of benzene rings is 2. The van der Waals surface area contributed by atoms with Gasteiger partial charge in [-0.3, -0.25) is 9.59 Å². The zero-order valence-corrected chi connectivity index (χ0v) is 19.8. The van der Waals surface area contributed by atoms with Crippen LogP contribution in [0.1, 0.15) is 43.4 Å². The maximum absolute atomic E-state index is 13.0. The van der Waals surface area contributed by atoms with Gasteiger partial charge in [-0.2, -0.15) is 0 Å². The summed E-state index contributed by atoms with van der Waals surface area (Å²) in [6, 6.07) is 13.0. The molecule has 6 heteroatoms. The molecule has 0 bridgehead atoms. The lowest BCUT2D eigenvalue weighted by molar-refractivity contribution is -0.142. The number of hydrogen-bond acceptors (Lipinski definition) is 3. The van der Waals surface area contributed by atoms with E-state index in [2.05, 4.69) is 34.2 Å². The predicted octanol–water partition coefficient (Wildman–Crippen LogP) is 4.78. The Kier molecular flexibility index (Phi) is 9.37. The van der Waals surface area contributed by atoms with Crippen molar-refractivity contribution in [2.45, 2.75) is 53.1 Å². The number of nitrogens with zero attached hydrogens (tertiary/aromatic N) is 1. The summed E-state index contributed by atoms with van der Waals surface area (Å²) >= 11 is 3.43. The maximum Gasteiger partial charge on any atom is 0.261 e. The summed E-state index contributed by atoms with van der Waals surface area (Å²) in [6.07, 6.45) is 1.91. The van der Waals surface area contributed by atoms with E-state index in [1.807, 2.05) is 50.2 Å². The molecule has 0 fully saturated rings. The molecule has 0 aliphatic rings. The van der Waals surface area contributed by atoms with Crippen LogP contribution in [0.3, 0.4) is 0 Å². The molecular weight excluding hydrogens is 444 g/mol. The average molecular weight is 475 g/mol. The fourth-order valence-electron chi connectivity index (χ4n) is 3.15. The second-order valence-corrected chi connectivity index (χ2v) is 8.50. The van der Waals surface area contributed by atoms with Gasteiger partial charge in [0.25, 0.3) is 5.91 Å². The Morgan fingerprint density at radius 3 is 2.33 bits per heavy atom. The molecule has 0 radical (unpaired) electrons. The van der Waals surface area contributed by atoms with E-state index < -0.39 is 6.04 Å². The van der Waals surface area contributed by atoms with E-state index in [4.69, 9.17) is 4.74 Å². The summed E-state index contributed by atoms with van der Waals surface area (Å²) in [4.78, 5) is 27.2. The van der Waals surface area contributed by atoms with E-state index in [1.54, 1.807) is 11.8 Å². The third kappa shape index (κ3) is 7.48. The number of nitrogens with one attached hydrogen (secondary N) is 1. The van der Waals surface area contributed by atoms with E-state index in [9.17, 15) is 9.59 Å². The average Bonchev–Trinajstić information content (AvgIpc) is 2.70. The highest BCUT2D eigenvalue weighted by Gasteiger charge is 2.26. The van der Waals surface area contributed by atoms with Crippen LogP contribution in [0.4, 0.5) is 0 Å². The summed E-state index contributed by atoms with van der Waals surface area (Å²) in [5.74, 6) is 0.278. The monoisotopic (exact) mass is 474 g/mol. The Bertz CT molecular complexity index is 832. The van der Waals surface area contributed by atoms with E-state index in [1.165, 1.54) is 0 Å². The minimum atomic E-state index is -0.596. The van der Waals surface area contributed by atoms with Gasteiger partial charge in [0.2, 0.25) is 5.91 Å². The van der Waals surface area contributed by atoms with Crippen LogP contribution >= 0.6 is 15.9 Å². The van der Waals surface area contributed by atoms with Crippen LogP contribution in [-0.2, 0) is 16.1 Å². The molecule has 2 amide bonds. The molecular formula is C24H31BrN2O3. The van der Waals surface area contributed by atoms with Crippen molar-refractivity contribution in [1.29, 1.82) is 0 Å². The van der Waals surface area contributed by atoms with Gasteiger partial charge >= 0.3 is 0 Å². The van der Waals surface area contributed by atoms with Gasteiger partial charge in [-0.1, -0.05) is 47.5 Å². The van der Waals surface area contributed by atoms with Crippen LogP contribution < -0.4 is 10.1 Å². The topological polar surface area (TPSA) is 58.6 Å². The highest BCUT2D eigenvalue weighted by atomic mass is 79.9. The second kappa shape index (κ2) is 11.7. The molecule has 0 aromatic heterocycles. The number of rotatable bonds is 10. The van der Waals surface area contributed by atoms with E-state index in [-0.39, 0.29) is 18.4 Å². The SMILES string of the molecule is CCCCNC(=O)C(C)N(Cc1ccc(Br)cc1)C(=O)COc1cc(C)cc(C)c1. The molecule has 0 aliphatic carbocycles. The lowest BCUT2D eigenvalue weighted by Gasteiger charge is -2.29. The normalized spacial score (nSPS) is 11.6. The Morgan fingerprint density at radius 2 is 1.73 bits per heavy atom. The first-order valence-corrected chi connectivity index (χ1v) is 11.1. The number of carbonyl (C=O) groups is 2. The smallest absolute Gasteiger partial charge is 0.261 e. The Labute approximate surface area is 187 Å². The standard InChI is InChI=1S/C24H31BrN2O3/c1-5-6-11-26-24(29)19(4)27(15-20-7-9-21(25)10-8-20)23(28)16-30-22-13-17(2)12-18(3)14-22/h7-10,12-14,19H,5-6,11,15-16H2,1-4H3,(H,26,29). The van der Waals surface area contributed by atoms with Crippen LogP contribution in [0.5, 0.6) is 5.75 Å².